The van der Waals surface area contributed by atoms with Crippen LogP contribution in [0.5, 0.6) is 0 Å². The van der Waals surface area contributed by atoms with Gasteiger partial charge in [-0.3, -0.25) is 4.79 Å². The molecule has 0 aliphatic rings. The highest BCUT2D eigenvalue weighted by Crippen LogP contribution is 2.36. The number of carbonyl (C=O) groups excluding carboxylic acids is 1. The highest BCUT2D eigenvalue weighted by atomic mass is 79.9. The molecular formula is C11H15Br2NO5S2. The number of methoxy groups -OCH3 is 2. The number of hydrogen-bond donors (Lipinski definition) is 0. The zero-order valence-electron chi connectivity index (χ0n) is 11.5. The average Bonchev–Trinajstić information content (AvgIpc) is 2.77. The molecule has 0 fully saturated rings. The summed E-state index contributed by atoms with van der Waals surface area (Å²) in [6, 6.07) is 1.53. The third-order valence-corrected chi connectivity index (χ3v) is 7.23. The van der Waals surface area contributed by atoms with Crippen LogP contribution < -0.4 is 0 Å². The molecule has 120 valence electrons. The van der Waals surface area contributed by atoms with E-state index in [2.05, 4.69) is 36.6 Å². The fourth-order valence-electron chi connectivity index (χ4n) is 1.50. The van der Waals surface area contributed by atoms with Crippen molar-refractivity contribution in [1.82, 2.24) is 4.31 Å². The molecule has 0 saturated carbocycles. The maximum absolute atomic E-state index is 12.6. The number of nitrogens with zero attached hydrogens (tertiary/aromatic N) is 1. The first-order valence-corrected chi connectivity index (χ1v) is 9.68. The van der Waals surface area contributed by atoms with Gasteiger partial charge in [0.05, 0.1) is 27.7 Å². The Hall–Kier alpha value is -0.000000000000000333. The summed E-state index contributed by atoms with van der Waals surface area (Å²) in [5, 5.41) is 0. The molecular weight excluding hydrogens is 450 g/mol. The van der Waals surface area contributed by atoms with Crippen molar-refractivity contribution in [2.75, 3.05) is 33.9 Å². The number of halogens is 2. The summed E-state index contributed by atoms with van der Waals surface area (Å²) in [4.78, 5) is 11.4. The Balaban J connectivity index is 2.99. The zero-order chi connectivity index (χ0) is 16.0. The molecule has 0 radical (unpaired) electrons. The molecule has 0 aliphatic carbocycles. The van der Waals surface area contributed by atoms with E-state index in [0.29, 0.717) is 7.57 Å². The van der Waals surface area contributed by atoms with E-state index in [1.54, 1.807) is 0 Å². The van der Waals surface area contributed by atoms with Crippen molar-refractivity contribution in [3.63, 3.8) is 0 Å². The summed E-state index contributed by atoms with van der Waals surface area (Å²) in [6.45, 7) is 0.442. The topological polar surface area (TPSA) is 72.9 Å². The van der Waals surface area contributed by atoms with Crippen LogP contribution in [0.1, 0.15) is 6.42 Å². The Morgan fingerprint density at radius 1 is 1.33 bits per heavy atom. The predicted octanol–water partition coefficient (Wildman–Crippen LogP) is 2.47. The quantitative estimate of drug-likeness (QED) is 0.552. The number of thiophene rings is 1. The maximum atomic E-state index is 12.6. The Morgan fingerprint density at radius 2 is 2.00 bits per heavy atom. The van der Waals surface area contributed by atoms with E-state index in [1.165, 1.54) is 35.9 Å². The third-order valence-electron chi connectivity index (χ3n) is 2.58. The van der Waals surface area contributed by atoms with Gasteiger partial charge in [0.1, 0.15) is 4.90 Å². The maximum Gasteiger partial charge on any atom is 0.306 e. The van der Waals surface area contributed by atoms with Gasteiger partial charge in [-0.2, -0.15) is 4.31 Å². The molecule has 0 N–H and O–H groups in total. The van der Waals surface area contributed by atoms with Gasteiger partial charge in [0.2, 0.25) is 10.0 Å². The molecule has 1 heterocycles. The molecule has 21 heavy (non-hydrogen) atoms. The normalized spacial score (nSPS) is 11.9. The lowest BCUT2D eigenvalue weighted by molar-refractivity contribution is -0.140. The fraction of sp³-hybridized carbons (Fsp3) is 0.545. The van der Waals surface area contributed by atoms with Gasteiger partial charge < -0.3 is 9.47 Å². The first-order valence-electron chi connectivity index (χ1n) is 5.83. The number of carbonyl (C=O) groups is 1. The SMILES string of the molecule is COCCN(CCC(=O)OC)S(=O)(=O)c1cc(Br)sc1Br. The standard InChI is InChI=1S/C11H15Br2NO5S2/c1-18-6-5-14(4-3-10(15)19-2)21(16,17)8-7-9(12)20-11(8)13/h7H,3-6H2,1-2H3. The lowest BCUT2D eigenvalue weighted by Gasteiger charge is -2.21. The van der Waals surface area contributed by atoms with Gasteiger partial charge in [0.25, 0.3) is 0 Å². The molecule has 0 aromatic carbocycles. The second kappa shape index (κ2) is 8.59. The van der Waals surface area contributed by atoms with E-state index in [1.807, 2.05) is 0 Å². The van der Waals surface area contributed by atoms with Gasteiger partial charge >= 0.3 is 5.97 Å². The highest BCUT2D eigenvalue weighted by Gasteiger charge is 2.28. The van der Waals surface area contributed by atoms with Crippen LogP contribution in [0.15, 0.2) is 18.5 Å². The molecule has 1 rings (SSSR count). The number of hydrogen-bond acceptors (Lipinski definition) is 6. The van der Waals surface area contributed by atoms with Gasteiger partial charge in [-0.25, -0.2) is 8.42 Å². The summed E-state index contributed by atoms with van der Waals surface area (Å²) in [5.41, 5.74) is 0. The third kappa shape index (κ3) is 5.29. The molecule has 0 aliphatic heterocycles. The predicted molar refractivity (Wildman–Crippen MR) is 87.0 cm³/mol. The summed E-state index contributed by atoms with van der Waals surface area (Å²) in [7, 11) is -0.953. The molecule has 0 bridgehead atoms. The van der Waals surface area contributed by atoms with E-state index < -0.39 is 16.0 Å². The minimum absolute atomic E-state index is 0.0115. The minimum atomic E-state index is -3.71. The molecule has 0 saturated heterocycles. The molecule has 0 spiro atoms. The van der Waals surface area contributed by atoms with Gasteiger partial charge in [-0.05, 0) is 37.9 Å². The molecule has 0 atom stereocenters. The largest absolute Gasteiger partial charge is 0.469 e. The molecule has 0 amide bonds. The van der Waals surface area contributed by atoms with Crippen LogP contribution >= 0.6 is 43.2 Å². The number of ether oxygens (including phenoxy) is 2. The van der Waals surface area contributed by atoms with E-state index in [9.17, 15) is 13.2 Å². The minimum Gasteiger partial charge on any atom is -0.469 e. The Kier molecular flexibility index (Phi) is 7.79. The second-order valence-electron chi connectivity index (χ2n) is 3.91. The Morgan fingerprint density at radius 3 is 2.48 bits per heavy atom. The lowest BCUT2D eigenvalue weighted by Crippen LogP contribution is -2.35. The van der Waals surface area contributed by atoms with Gasteiger partial charge in [0, 0.05) is 20.2 Å². The van der Waals surface area contributed by atoms with Crippen molar-refractivity contribution in [3.8, 4) is 0 Å². The highest BCUT2D eigenvalue weighted by molar-refractivity contribution is 9.12. The Bertz CT molecular complexity index is 587. The van der Waals surface area contributed by atoms with Crippen molar-refractivity contribution < 1.29 is 22.7 Å². The first-order chi connectivity index (χ1) is 9.82. The smallest absolute Gasteiger partial charge is 0.306 e. The monoisotopic (exact) mass is 463 g/mol. The van der Waals surface area contributed by atoms with E-state index in [0.717, 1.165) is 0 Å². The van der Waals surface area contributed by atoms with Gasteiger partial charge in [0.15, 0.2) is 0 Å². The van der Waals surface area contributed by atoms with E-state index in [-0.39, 0.29) is 31.0 Å². The number of esters is 1. The number of sulfonamides is 1. The summed E-state index contributed by atoms with van der Waals surface area (Å²) >= 11 is 7.77. The summed E-state index contributed by atoms with van der Waals surface area (Å²) in [5.74, 6) is -0.460. The zero-order valence-corrected chi connectivity index (χ0v) is 16.3. The van der Waals surface area contributed by atoms with Crippen LogP contribution in [-0.2, 0) is 24.3 Å². The van der Waals surface area contributed by atoms with E-state index >= 15 is 0 Å². The van der Waals surface area contributed by atoms with Crippen molar-refractivity contribution in [2.24, 2.45) is 0 Å². The van der Waals surface area contributed by atoms with Crippen LogP contribution in [0.2, 0.25) is 0 Å². The van der Waals surface area contributed by atoms with Crippen LogP contribution in [0.3, 0.4) is 0 Å². The van der Waals surface area contributed by atoms with Gasteiger partial charge in [-0.15, -0.1) is 11.3 Å². The van der Waals surface area contributed by atoms with Crippen LogP contribution in [-0.4, -0.2) is 52.6 Å². The van der Waals surface area contributed by atoms with Crippen molar-refractivity contribution in [1.29, 1.82) is 0 Å². The van der Waals surface area contributed by atoms with Crippen LogP contribution in [0.25, 0.3) is 0 Å². The molecule has 10 heteroatoms. The van der Waals surface area contributed by atoms with Crippen LogP contribution in [0.4, 0.5) is 0 Å². The van der Waals surface area contributed by atoms with Crippen molar-refractivity contribution in [2.45, 2.75) is 11.3 Å². The molecule has 1 aromatic rings. The van der Waals surface area contributed by atoms with Crippen molar-refractivity contribution in [3.05, 3.63) is 13.6 Å². The molecule has 6 nitrogen and oxygen atoms in total. The molecule has 1 aromatic heterocycles. The average molecular weight is 465 g/mol. The molecule has 0 unspecified atom stereocenters. The van der Waals surface area contributed by atoms with E-state index in [4.69, 9.17) is 4.74 Å². The number of rotatable bonds is 8. The lowest BCUT2D eigenvalue weighted by atomic mass is 10.4. The fourth-order valence-corrected chi connectivity index (χ4v) is 6.69. The second-order valence-corrected chi connectivity index (χ2v) is 9.57. The van der Waals surface area contributed by atoms with Crippen LogP contribution in [0, 0.1) is 0 Å². The summed E-state index contributed by atoms with van der Waals surface area (Å²) < 4.78 is 37.2. The van der Waals surface area contributed by atoms with Crippen molar-refractivity contribution >= 4 is 59.2 Å². The summed E-state index contributed by atoms with van der Waals surface area (Å²) in [6.07, 6.45) is -0.0115. The van der Waals surface area contributed by atoms with Gasteiger partial charge in [-0.1, -0.05) is 0 Å². The Labute approximate surface area is 144 Å². The first kappa shape index (κ1) is 19.0.